The van der Waals surface area contributed by atoms with Crippen LogP contribution in [0.15, 0.2) is 10.3 Å². The molecule has 0 spiro atoms. The number of oxime groups is 2. The SMILES string of the molecule is CO/N=C1\CC2C(CC[C@]3(C)C(=O)C(F)CC23)[C@@]2(C)CCC(=NOCCN3CCCCC3)CC12. The average molecular weight is 476 g/mol. The molecule has 0 amide bonds. The third-order valence-corrected chi connectivity index (χ3v) is 10.4. The van der Waals surface area contributed by atoms with E-state index in [-0.39, 0.29) is 23.0 Å². The molecular weight excluding hydrogens is 433 g/mol. The molecule has 1 saturated heterocycles. The lowest BCUT2D eigenvalue weighted by molar-refractivity contribution is -0.135. The fraction of sp³-hybridized carbons (Fsp3) is 0.889. The predicted octanol–water partition coefficient (Wildman–Crippen LogP) is 5.02. The Morgan fingerprint density at radius 2 is 1.88 bits per heavy atom. The Morgan fingerprint density at radius 3 is 2.65 bits per heavy atom. The largest absolute Gasteiger partial charge is 0.399 e. The molecule has 1 heterocycles. The van der Waals surface area contributed by atoms with Crippen LogP contribution in [0.2, 0.25) is 0 Å². The Bertz CT molecular complexity index is 841. The fourth-order valence-corrected chi connectivity index (χ4v) is 8.42. The molecule has 0 N–H and O–H groups in total. The molecule has 0 bridgehead atoms. The lowest BCUT2D eigenvalue weighted by Gasteiger charge is -2.59. The first-order valence-electron chi connectivity index (χ1n) is 13.5. The van der Waals surface area contributed by atoms with Crippen LogP contribution in [0.3, 0.4) is 0 Å². The van der Waals surface area contributed by atoms with Gasteiger partial charge in [-0.25, -0.2) is 4.39 Å². The van der Waals surface area contributed by atoms with E-state index in [1.165, 1.54) is 32.4 Å². The van der Waals surface area contributed by atoms with E-state index in [9.17, 15) is 9.18 Å². The number of carbonyl (C=O) groups excluding carboxylic acids is 1. The Morgan fingerprint density at radius 1 is 1.09 bits per heavy atom. The standard InChI is InChI=1S/C27H42FN3O3/c1-26-9-7-18(29-34-14-13-31-11-5-4-6-12-31)15-22(26)24(30-33-3)16-19-20(26)8-10-27(2)21(19)17-23(28)25(27)32/h19-23H,4-17H2,1-3H3/b29-18?,30-24+/t19?,20?,21?,22?,23?,26-,27+/m1/s1. The highest BCUT2D eigenvalue weighted by atomic mass is 19.1. The minimum absolute atomic E-state index is 0.0753. The van der Waals surface area contributed by atoms with Crippen molar-refractivity contribution in [1.29, 1.82) is 0 Å². The molecule has 4 aliphatic carbocycles. The van der Waals surface area contributed by atoms with Crippen molar-refractivity contribution in [3.63, 3.8) is 0 Å². The van der Waals surface area contributed by atoms with E-state index in [2.05, 4.69) is 22.1 Å². The molecule has 7 atom stereocenters. The van der Waals surface area contributed by atoms with Gasteiger partial charge in [-0.2, -0.15) is 0 Å². The third-order valence-electron chi connectivity index (χ3n) is 10.4. The Balaban J connectivity index is 1.29. The van der Waals surface area contributed by atoms with Crippen molar-refractivity contribution in [1.82, 2.24) is 4.90 Å². The lowest BCUT2D eigenvalue weighted by atomic mass is 9.45. The summed E-state index contributed by atoms with van der Waals surface area (Å²) >= 11 is 0. The van der Waals surface area contributed by atoms with Crippen LogP contribution < -0.4 is 0 Å². The summed E-state index contributed by atoms with van der Waals surface area (Å²) in [7, 11) is 1.61. The zero-order chi connectivity index (χ0) is 23.9. The van der Waals surface area contributed by atoms with Gasteiger partial charge >= 0.3 is 0 Å². The maximum absolute atomic E-state index is 14.6. The Hall–Kier alpha value is -1.50. The molecule has 0 aromatic heterocycles. The number of Topliss-reactive ketones (excluding diaryl/α,β-unsaturated/α-hetero) is 1. The molecule has 190 valence electrons. The van der Waals surface area contributed by atoms with Crippen LogP contribution >= 0.6 is 0 Å². The second-order valence-electron chi connectivity index (χ2n) is 12.0. The minimum atomic E-state index is -1.30. The predicted molar refractivity (Wildman–Crippen MR) is 131 cm³/mol. The van der Waals surface area contributed by atoms with E-state index >= 15 is 0 Å². The summed E-state index contributed by atoms with van der Waals surface area (Å²) in [5.41, 5.74) is 1.77. The number of nitrogens with zero attached hydrogens (tertiary/aromatic N) is 3. The number of likely N-dealkylation sites (tertiary alicyclic amines) is 1. The zero-order valence-electron chi connectivity index (χ0n) is 21.2. The van der Waals surface area contributed by atoms with Gasteiger partial charge in [0.25, 0.3) is 0 Å². The lowest BCUT2D eigenvalue weighted by Crippen LogP contribution is -2.56. The van der Waals surface area contributed by atoms with Crippen LogP contribution in [0, 0.1) is 34.5 Å². The van der Waals surface area contributed by atoms with E-state index < -0.39 is 11.6 Å². The summed E-state index contributed by atoms with van der Waals surface area (Å²) in [6, 6.07) is 0. The number of fused-ring (bicyclic) bond motifs is 5. The summed E-state index contributed by atoms with van der Waals surface area (Å²) in [4.78, 5) is 26.3. The van der Waals surface area contributed by atoms with Crippen LogP contribution in [0.5, 0.6) is 0 Å². The van der Waals surface area contributed by atoms with Crippen molar-refractivity contribution in [3.05, 3.63) is 0 Å². The molecule has 1 aliphatic heterocycles. The monoisotopic (exact) mass is 475 g/mol. The number of rotatable bonds is 5. The first kappa shape index (κ1) is 24.2. The van der Waals surface area contributed by atoms with E-state index in [1.54, 1.807) is 7.11 Å². The number of piperidine rings is 1. The smallest absolute Gasteiger partial charge is 0.173 e. The van der Waals surface area contributed by atoms with E-state index in [1.807, 2.05) is 6.92 Å². The maximum Gasteiger partial charge on any atom is 0.173 e. The second kappa shape index (κ2) is 9.51. The first-order valence-corrected chi connectivity index (χ1v) is 13.5. The Labute approximate surface area is 203 Å². The van der Waals surface area contributed by atoms with Crippen molar-refractivity contribution >= 4 is 17.2 Å². The third kappa shape index (κ3) is 4.10. The number of carbonyl (C=O) groups is 1. The zero-order valence-corrected chi connectivity index (χ0v) is 21.2. The number of alkyl halides is 1. The molecule has 4 saturated carbocycles. The molecule has 5 unspecified atom stereocenters. The van der Waals surface area contributed by atoms with Gasteiger partial charge in [0.15, 0.2) is 12.0 Å². The molecule has 0 aromatic rings. The summed E-state index contributed by atoms with van der Waals surface area (Å²) in [5.74, 6) is 1.02. The van der Waals surface area contributed by atoms with Gasteiger partial charge in [-0.05, 0) is 94.0 Å². The van der Waals surface area contributed by atoms with Gasteiger partial charge in [-0.1, -0.05) is 30.6 Å². The van der Waals surface area contributed by atoms with Gasteiger partial charge in [0.05, 0.1) is 11.4 Å². The molecule has 5 fully saturated rings. The van der Waals surface area contributed by atoms with E-state index in [4.69, 9.17) is 9.68 Å². The molecule has 5 aliphatic rings. The highest BCUT2D eigenvalue weighted by Gasteiger charge is 2.63. The fourth-order valence-electron chi connectivity index (χ4n) is 8.42. The van der Waals surface area contributed by atoms with Crippen molar-refractivity contribution in [2.45, 2.75) is 84.2 Å². The van der Waals surface area contributed by atoms with Gasteiger partial charge in [0.2, 0.25) is 0 Å². The molecule has 34 heavy (non-hydrogen) atoms. The van der Waals surface area contributed by atoms with Gasteiger partial charge < -0.3 is 9.68 Å². The van der Waals surface area contributed by atoms with E-state index in [0.29, 0.717) is 24.9 Å². The number of hydrogen-bond donors (Lipinski definition) is 0. The maximum atomic E-state index is 14.6. The highest BCUT2D eigenvalue weighted by molar-refractivity contribution is 5.96. The topological polar surface area (TPSA) is 63.5 Å². The number of halogens is 1. The molecule has 0 radical (unpaired) electrons. The molecular formula is C27H42FN3O3. The molecule has 0 aromatic carbocycles. The quantitative estimate of drug-likeness (QED) is 0.414. The first-order chi connectivity index (χ1) is 16.4. The van der Waals surface area contributed by atoms with Crippen molar-refractivity contribution in [2.24, 2.45) is 44.8 Å². The van der Waals surface area contributed by atoms with Crippen molar-refractivity contribution in [3.8, 4) is 0 Å². The second-order valence-corrected chi connectivity index (χ2v) is 12.0. The summed E-state index contributed by atoms with van der Waals surface area (Å²) < 4.78 is 14.6. The Kier molecular flexibility index (Phi) is 6.77. The van der Waals surface area contributed by atoms with Gasteiger partial charge in [-0.3, -0.25) is 9.69 Å². The summed E-state index contributed by atoms with van der Waals surface area (Å²) in [6.45, 7) is 8.37. The normalized spacial score (nSPS) is 45.1. The highest BCUT2D eigenvalue weighted by Crippen LogP contribution is 2.65. The van der Waals surface area contributed by atoms with Crippen LogP contribution in [-0.2, 0) is 14.5 Å². The van der Waals surface area contributed by atoms with Crippen LogP contribution in [0.4, 0.5) is 4.39 Å². The van der Waals surface area contributed by atoms with Crippen LogP contribution in [-0.4, -0.2) is 61.6 Å². The van der Waals surface area contributed by atoms with Gasteiger partial charge in [-0.15, -0.1) is 0 Å². The van der Waals surface area contributed by atoms with E-state index in [0.717, 1.165) is 56.5 Å². The summed E-state index contributed by atoms with van der Waals surface area (Å²) in [6.07, 6.45) is 8.47. The van der Waals surface area contributed by atoms with Gasteiger partial charge in [0.1, 0.15) is 13.7 Å². The van der Waals surface area contributed by atoms with Crippen LogP contribution in [0.1, 0.15) is 78.1 Å². The molecule has 6 nitrogen and oxygen atoms in total. The van der Waals surface area contributed by atoms with Crippen LogP contribution in [0.25, 0.3) is 0 Å². The molecule has 7 heteroatoms. The van der Waals surface area contributed by atoms with Crippen molar-refractivity contribution < 1.29 is 18.9 Å². The minimum Gasteiger partial charge on any atom is -0.399 e. The number of hydrogen-bond acceptors (Lipinski definition) is 6. The van der Waals surface area contributed by atoms with Crippen molar-refractivity contribution in [2.75, 3.05) is 33.4 Å². The average Bonchev–Trinajstić information content (AvgIpc) is 3.07. The van der Waals surface area contributed by atoms with Gasteiger partial charge in [0, 0.05) is 17.9 Å². The number of ketones is 1. The summed E-state index contributed by atoms with van der Waals surface area (Å²) in [5, 5.41) is 9.08. The molecule has 5 rings (SSSR count).